The van der Waals surface area contributed by atoms with Crippen LogP contribution in [0.25, 0.3) is 5.65 Å². The standard InChI is InChI=1S/C17H20N4/c18-11-12-7-8-21-16(9-12)19-20-17(21)15-6-5-13-3-1-2-4-14(13)10-15/h7-9,13-15H,1-6,10H2. The molecule has 4 nitrogen and oxygen atoms in total. The van der Waals surface area contributed by atoms with Crippen LogP contribution in [0.4, 0.5) is 0 Å². The Kier molecular flexibility index (Phi) is 3.14. The second kappa shape index (κ2) is 5.14. The molecule has 0 aromatic carbocycles. The second-order valence-electron chi connectivity index (χ2n) is 6.63. The molecule has 2 aromatic heterocycles. The van der Waals surface area contributed by atoms with Crippen LogP contribution in [0.15, 0.2) is 18.3 Å². The number of rotatable bonds is 1. The molecule has 0 N–H and O–H groups in total. The molecule has 4 rings (SSSR count). The van der Waals surface area contributed by atoms with Crippen LogP contribution < -0.4 is 0 Å². The normalized spacial score (nSPS) is 29.0. The third-order valence-electron chi connectivity index (χ3n) is 5.47. The van der Waals surface area contributed by atoms with E-state index in [-0.39, 0.29) is 0 Å². The van der Waals surface area contributed by atoms with Crippen molar-refractivity contribution in [3.63, 3.8) is 0 Å². The van der Waals surface area contributed by atoms with E-state index in [9.17, 15) is 0 Å². The van der Waals surface area contributed by atoms with Gasteiger partial charge in [-0.3, -0.25) is 4.40 Å². The average molecular weight is 280 g/mol. The van der Waals surface area contributed by atoms with Gasteiger partial charge in [0.2, 0.25) is 0 Å². The van der Waals surface area contributed by atoms with Crippen LogP contribution in [-0.4, -0.2) is 14.6 Å². The fourth-order valence-electron chi connectivity index (χ4n) is 4.37. The fourth-order valence-corrected chi connectivity index (χ4v) is 4.37. The highest BCUT2D eigenvalue weighted by molar-refractivity contribution is 5.45. The Balaban J connectivity index is 1.63. The highest BCUT2D eigenvalue weighted by Gasteiger charge is 2.34. The van der Waals surface area contributed by atoms with E-state index < -0.39 is 0 Å². The maximum atomic E-state index is 8.97. The minimum atomic E-state index is 0.535. The lowest BCUT2D eigenvalue weighted by atomic mass is 9.67. The molecule has 2 fully saturated rings. The molecule has 0 aliphatic heterocycles. The minimum Gasteiger partial charge on any atom is -0.286 e. The number of pyridine rings is 1. The van der Waals surface area contributed by atoms with Crippen molar-refractivity contribution in [3.8, 4) is 6.07 Å². The molecule has 0 radical (unpaired) electrons. The van der Waals surface area contributed by atoms with Crippen molar-refractivity contribution in [3.05, 3.63) is 29.7 Å². The molecule has 3 unspecified atom stereocenters. The van der Waals surface area contributed by atoms with E-state index in [2.05, 4.69) is 20.7 Å². The molecular formula is C17H20N4. The highest BCUT2D eigenvalue weighted by atomic mass is 15.2. The summed E-state index contributed by atoms with van der Waals surface area (Å²) in [5.41, 5.74) is 1.45. The smallest absolute Gasteiger partial charge is 0.162 e. The lowest BCUT2D eigenvalue weighted by Crippen LogP contribution is -2.27. The Morgan fingerprint density at radius 2 is 1.95 bits per heavy atom. The lowest BCUT2D eigenvalue weighted by Gasteiger charge is -2.38. The number of hydrogen-bond donors (Lipinski definition) is 0. The molecule has 3 atom stereocenters. The van der Waals surface area contributed by atoms with Gasteiger partial charge in [0, 0.05) is 18.2 Å². The Bertz CT molecular complexity index is 696. The van der Waals surface area contributed by atoms with Gasteiger partial charge < -0.3 is 0 Å². The van der Waals surface area contributed by atoms with Crippen molar-refractivity contribution in [1.82, 2.24) is 14.6 Å². The average Bonchev–Trinajstić information content (AvgIpc) is 2.97. The van der Waals surface area contributed by atoms with Crippen molar-refractivity contribution >= 4 is 5.65 Å². The largest absolute Gasteiger partial charge is 0.286 e. The van der Waals surface area contributed by atoms with Crippen LogP contribution >= 0.6 is 0 Å². The Labute approximate surface area is 124 Å². The molecule has 0 spiro atoms. The topological polar surface area (TPSA) is 54.0 Å². The van der Waals surface area contributed by atoms with Gasteiger partial charge in [-0.25, -0.2) is 0 Å². The first-order chi connectivity index (χ1) is 10.3. The van der Waals surface area contributed by atoms with Gasteiger partial charge in [0.25, 0.3) is 0 Å². The molecule has 2 aromatic rings. The summed E-state index contributed by atoms with van der Waals surface area (Å²) in [6, 6.07) is 5.84. The first kappa shape index (κ1) is 12.8. The predicted octanol–water partition coefficient (Wildman–Crippen LogP) is 3.67. The molecule has 0 saturated heterocycles. The van der Waals surface area contributed by atoms with Crippen LogP contribution in [0.3, 0.4) is 0 Å². The molecule has 4 heteroatoms. The van der Waals surface area contributed by atoms with Crippen LogP contribution in [0, 0.1) is 23.2 Å². The van der Waals surface area contributed by atoms with Gasteiger partial charge in [0.15, 0.2) is 5.65 Å². The summed E-state index contributed by atoms with van der Waals surface area (Å²) < 4.78 is 2.08. The molecule has 108 valence electrons. The quantitative estimate of drug-likeness (QED) is 0.800. The number of fused-ring (bicyclic) bond motifs is 2. The minimum absolute atomic E-state index is 0.535. The summed E-state index contributed by atoms with van der Waals surface area (Å²) >= 11 is 0. The van der Waals surface area contributed by atoms with Crippen molar-refractivity contribution in [2.45, 2.75) is 50.9 Å². The van der Waals surface area contributed by atoms with Gasteiger partial charge in [0.1, 0.15) is 5.82 Å². The zero-order valence-electron chi connectivity index (χ0n) is 12.2. The molecule has 2 aliphatic carbocycles. The zero-order chi connectivity index (χ0) is 14.2. The van der Waals surface area contributed by atoms with E-state index in [1.54, 1.807) is 0 Å². The van der Waals surface area contributed by atoms with Gasteiger partial charge in [-0.15, -0.1) is 10.2 Å². The molecular weight excluding hydrogens is 260 g/mol. The first-order valence-corrected chi connectivity index (χ1v) is 8.10. The lowest BCUT2D eigenvalue weighted by molar-refractivity contribution is 0.152. The Morgan fingerprint density at radius 3 is 2.81 bits per heavy atom. The fraction of sp³-hybridized carbons (Fsp3) is 0.588. The molecule has 0 amide bonds. The van der Waals surface area contributed by atoms with Crippen molar-refractivity contribution < 1.29 is 0 Å². The van der Waals surface area contributed by atoms with Gasteiger partial charge in [-0.2, -0.15) is 5.26 Å². The van der Waals surface area contributed by atoms with Crippen LogP contribution in [-0.2, 0) is 0 Å². The van der Waals surface area contributed by atoms with Crippen molar-refractivity contribution in [1.29, 1.82) is 5.26 Å². The first-order valence-electron chi connectivity index (χ1n) is 8.10. The summed E-state index contributed by atoms with van der Waals surface area (Å²) in [7, 11) is 0. The van der Waals surface area contributed by atoms with E-state index in [1.165, 1.54) is 44.9 Å². The number of nitriles is 1. The van der Waals surface area contributed by atoms with Crippen LogP contribution in [0.2, 0.25) is 0 Å². The van der Waals surface area contributed by atoms with Gasteiger partial charge >= 0.3 is 0 Å². The van der Waals surface area contributed by atoms with Gasteiger partial charge in [0.05, 0.1) is 11.6 Å². The monoisotopic (exact) mass is 280 g/mol. The molecule has 21 heavy (non-hydrogen) atoms. The maximum absolute atomic E-state index is 8.97. The number of aromatic nitrogens is 3. The highest BCUT2D eigenvalue weighted by Crippen LogP contribution is 2.45. The molecule has 2 aliphatic rings. The van der Waals surface area contributed by atoms with Crippen molar-refractivity contribution in [2.75, 3.05) is 0 Å². The SMILES string of the molecule is N#Cc1ccn2c(C3CCC4CCCCC4C3)nnc2c1. The number of nitrogens with zero attached hydrogens (tertiary/aromatic N) is 4. The Morgan fingerprint density at radius 1 is 1.10 bits per heavy atom. The predicted molar refractivity (Wildman–Crippen MR) is 79.7 cm³/mol. The molecule has 0 bridgehead atoms. The molecule has 2 saturated carbocycles. The summed E-state index contributed by atoms with van der Waals surface area (Å²) in [6.07, 6.45) is 11.5. The van der Waals surface area contributed by atoms with E-state index >= 15 is 0 Å². The summed E-state index contributed by atoms with van der Waals surface area (Å²) in [6.45, 7) is 0. The van der Waals surface area contributed by atoms with Crippen LogP contribution in [0.1, 0.15) is 62.3 Å². The third-order valence-corrected chi connectivity index (χ3v) is 5.47. The summed E-state index contributed by atoms with van der Waals surface area (Å²) in [5, 5.41) is 17.7. The van der Waals surface area contributed by atoms with Gasteiger partial charge in [-0.1, -0.05) is 25.7 Å². The van der Waals surface area contributed by atoms with E-state index in [4.69, 9.17) is 5.26 Å². The third kappa shape index (κ3) is 2.21. The van der Waals surface area contributed by atoms with E-state index in [1.807, 2.05) is 18.3 Å². The number of hydrogen-bond acceptors (Lipinski definition) is 3. The van der Waals surface area contributed by atoms with Gasteiger partial charge in [-0.05, 0) is 37.2 Å². The molecule has 2 heterocycles. The Hall–Kier alpha value is -1.89. The van der Waals surface area contributed by atoms with Crippen molar-refractivity contribution in [2.24, 2.45) is 11.8 Å². The summed E-state index contributed by atoms with van der Waals surface area (Å²) in [4.78, 5) is 0. The van der Waals surface area contributed by atoms with Crippen LogP contribution in [0.5, 0.6) is 0 Å². The second-order valence-corrected chi connectivity index (χ2v) is 6.63. The van der Waals surface area contributed by atoms with E-state index in [0.717, 1.165) is 23.3 Å². The zero-order valence-corrected chi connectivity index (χ0v) is 12.2. The summed E-state index contributed by atoms with van der Waals surface area (Å²) in [5.74, 6) is 3.48. The maximum Gasteiger partial charge on any atom is 0.162 e. The van der Waals surface area contributed by atoms with E-state index in [0.29, 0.717) is 11.5 Å².